The highest BCUT2D eigenvalue weighted by molar-refractivity contribution is 7.16. The number of thiophene rings is 1. The first-order chi connectivity index (χ1) is 10.3. The van der Waals surface area contributed by atoms with Crippen LogP contribution in [0.4, 0.5) is 0 Å². The highest BCUT2D eigenvalue weighted by Gasteiger charge is 2.08. The molecule has 2 heterocycles. The van der Waals surface area contributed by atoms with E-state index in [9.17, 15) is 5.26 Å². The Morgan fingerprint density at radius 2 is 2.00 bits per heavy atom. The van der Waals surface area contributed by atoms with E-state index in [-0.39, 0.29) is 0 Å². The minimum Gasteiger partial charge on any atom is -0.277 e. The number of nitrogens with zero attached hydrogens (tertiary/aromatic N) is 2. The van der Waals surface area contributed by atoms with Crippen molar-refractivity contribution in [3.63, 3.8) is 0 Å². The normalized spacial score (nSPS) is 11.3. The number of allylic oxidation sites excluding steroid dienone is 1. The average Bonchev–Trinajstić information content (AvgIpc) is 3.17. The average molecular weight is 312 g/mol. The Balaban J connectivity index is 1.94. The van der Waals surface area contributed by atoms with E-state index in [2.05, 4.69) is 16.3 Å². The number of hydrogen-bond donors (Lipinski definition) is 1. The summed E-state index contributed by atoms with van der Waals surface area (Å²) < 4.78 is 0. The molecule has 0 aliphatic heterocycles. The molecular formula is C16H10ClN3S. The Labute approximate surface area is 131 Å². The van der Waals surface area contributed by atoms with E-state index >= 15 is 0 Å². The molecule has 0 saturated heterocycles. The van der Waals surface area contributed by atoms with Crippen LogP contribution in [-0.2, 0) is 0 Å². The van der Waals surface area contributed by atoms with Gasteiger partial charge >= 0.3 is 0 Å². The zero-order valence-corrected chi connectivity index (χ0v) is 12.4. The summed E-state index contributed by atoms with van der Waals surface area (Å²) in [5, 5.41) is 16.9. The van der Waals surface area contributed by atoms with E-state index in [1.807, 2.05) is 48.5 Å². The summed E-state index contributed by atoms with van der Waals surface area (Å²) in [4.78, 5) is 1.98. The molecule has 0 aliphatic carbocycles. The van der Waals surface area contributed by atoms with Crippen molar-refractivity contribution in [1.29, 1.82) is 5.26 Å². The van der Waals surface area contributed by atoms with Gasteiger partial charge in [-0.2, -0.15) is 10.4 Å². The summed E-state index contributed by atoms with van der Waals surface area (Å²) in [6.07, 6.45) is 3.57. The highest BCUT2D eigenvalue weighted by atomic mass is 35.5. The van der Waals surface area contributed by atoms with Crippen LogP contribution < -0.4 is 0 Å². The molecule has 3 aromatic rings. The molecule has 0 atom stereocenters. The maximum atomic E-state index is 9.38. The number of nitriles is 1. The first-order valence-corrected chi connectivity index (χ1v) is 7.43. The first-order valence-electron chi connectivity index (χ1n) is 6.23. The number of aromatic amines is 1. The predicted molar refractivity (Wildman–Crippen MR) is 86.8 cm³/mol. The van der Waals surface area contributed by atoms with Crippen molar-refractivity contribution in [1.82, 2.24) is 10.2 Å². The summed E-state index contributed by atoms with van der Waals surface area (Å²) >= 11 is 7.42. The van der Waals surface area contributed by atoms with Gasteiger partial charge < -0.3 is 0 Å². The molecule has 0 amide bonds. The molecule has 0 fully saturated rings. The minimum atomic E-state index is 0.632. The summed E-state index contributed by atoms with van der Waals surface area (Å²) in [5.41, 5.74) is 2.54. The van der Waals surface area contributed by atoms with E-state index in [1.54, 1.807) is 17.5 Å². The van der Waals surface area contributed by atoms with Crippen LogP contribution in [0.5, 0.6) is 0 Å². The van der Waals surface area contributed by atoms with Crippen LogP contribution in [0.25, 0.3) is 22.2 Å². The van der Waals surface area contributed by atoms with Gasteiger partial charge in [-0.3, -0.25) is 5.10 Å². The van der Waals surface area contributed by atoms with E-state index in [0.29, 0.717) is 10.6 Å². The maximum absolute atomic E-state index is 9.38. The van der Waals surface area contributed by atoms with Crippen molar-refractivity contribution < 1.29 is 0 Å². The molecule has 0 bridgehead atoms. The van der Waals surface area contributed by atoms with Crippen molar-refractivity contribution >= 4 is 34.6 Å². The molecule has 0 unspecified atom stereocenters. The molecule has 2 aromatic heterocycles. The monoisotopic (exact) mass is 311 g/mol. The third-order valence-corrected chi connectivity index (χ3v) is 4.34. The van der Waals surface area contributed by atoms with Crippen molar-refractivity contribution in [3.8, 4) is 16.6 Å². The number of rotatable bonds is 3. The van der Waals surface area contributed by atoms with Crippen molar-refractivity contribution in [2.24, 2.45) is 0 Å². The molecule has 0 aliphatic rings. The lowest BCUT2D eigenvalue weighted by Crippen LogP contribution is -1.77. The molecule has 1 aromatic carbocycles. The number of hydrogen-bond acceptors (Lipinski definition) is 3. The van der Waals surface area contributed by atoms with Crippen LogP contribution in [0, 0.1) is 11.3 Å². The molecule has 3 rings (SSSR count). The molecule has 1 N–H and O–H groups in total. The second-order valence-corrected chi connectivity index (χ2v) is 5.88. The second kappa shape index (κ2) is 5.96. The third kappa shape index (κ3) is 3.05. The van der Waals surface area contributed by atoms with Crippen molar-refractivity contribution in [2.75, 3.05) is 0 Å². The van der Waals surface area contributed by atoms with Gasteiger partial charge in [0.2, 0.25) is 0 Å². The third-order valence-electron chi connectivity index (χ3n) is 2.94. The minimum absolute atomic E-state index is 0.632. The van der Waals surface area contributed by atoms with Gasteiger partial charge in [-0.1, -0.05) is 23.7 Å². The Bertz CT molecular complexity index is 808. The molecule has 0 spiro atoms. The lowest BCUT2D eigenvalue weighted by molar-refractivity contribution is 1.10. The number of benzene rings is 1. The number of nitrogens with one attached hydrogen (secondary N) is 1. The van der Waals surface area contributed by atoms with Crippen LogP contribution >= 0.6 is 22.9 Å². The molecule has 0 saturated carbocycles. The molecule has 3 nitrogen and oxygen atoms in total. The Kier molecular flexibility index (Phi) is 3.87. The van der Waals surface area contributed by atoms with Crippen LogP contribution in [-0.4, -0.2) is 10.2 Å². The van der Waals surface area contributed by atoms with E-state index in [1.165, 1.54) is 0 Å². The second-order valence-electron chi connectivity index (χ2n) is 4.36. The molecule has 102 valence electrons. The van der Waals surface area contributed by atoms with Gasteiger partial charge in [-0.25, -0.2) is 0 Å². The number of aromatic nitrogens is 2. The standard InChI is InChI=1S/C16H10ClN3S/c17-13-3-1-11(2-4-13)9-12(10-18)15-5-6-16(21-15)14-7-8-19-20-14/h1-9H,(H,19,20). The zero-order chi connectivity index (χ0) is 14.7. The topological polar surface area (TPSA) is 52.5 Å². The van der Waals surface area contributed by atoms with Crippen LogP contribution in [0.15, 0.2) is 48.7 Å². The Hall–Kier alpha value is -2.35. The zero-order valence-electron chi connectivity index (χ0n) is 10.9. The lowest BCUT2D eigenvalue weighted by Gasteiger charge is -1.97. The fourth-order valence-electron chi connectivity index (χ4n) is 1.90. The largest absolute Gasteiger partial charge is 0.277 e. The SMILES string of the molecule is N#CC(=Cc1ccc(Cl)cc1)c1ccc(-c2ccn[nH]2)s1. The lowest BCUT2D eigenvalue weighted by atomic mass is 10.1. The van der Waals surface area contributed by atoms with Crippen LogP contribution in [0.2, 0.25) is 5.02 Å². The van der Waals surface area contributed by atoms with E-state index in [4.69, 9.17) is 11.6 Å². The molecule has 0 radical (unpaired) electrons. The quantitative estimate of drug-likeness (QED) is 0.702. The van der Waals surface area contributed by atoms with Crippen LogP contribution in [0.3, 0.4) is 0 Å². The van der Waals surface area contributed by atoms with Gasteiger partial charge in [0.25, 0.3) is 0 Å². The number of H-pyrrole nitrogens is 1. The summed E-state index contributed by atoms with van der Waals surface area (Å²) in [5.74, 6) is 0. The summed E-state index contributed by atoms with van der Waals surface area (Å²) in [7, 11) is 0. The van der Waals surface area contributed by atoms with Gasteiger partial charge in [0.15, 0.2) is 0 Å². The molecule has 5 heteroatoms. The summed E-state index contributed by atoms with van der Waals surface area (Å²) in [6.45, 7) is 0. The van der Waals surface area contributed by atoms with E-state index in [0.717, 1.165) is 21.0 Å². The van der Waals surface area contributed by atoms with Gasteiger partial charge in [0, 0.05) is 16.1 Å². The van der Waals surface area contributed by atoms with Gasteiger partial charge in [0.1, 0.15) is 6.07 Å². The van der Waals surface area contributed by atoms with E-state index < -0.39 is 0 Å². The molecule has 21 heavy (non-hydrogen) atoms. The predicted octanol–water partition coefficient (Wildman–Crippen LogP) is 4.86. The van der Waals surface area contributed by atoms with Gasteiger partial charge in [0.05, 0.1) is 16.1 Å². The highest BCUT2D eigenvalue weighted by Crippen LogP contribution is 2.31. The Morgan fingerprint density at radius 1 is 1.19 bits per heavy atom. The maximum Gasteiger partial charge on any atom is 0.101 e. The smallest absolute Gasteiger partial charge is 0.101 e. The Morgan fingerprint density at radius 3 is 2.67 bits per heavy atom. The summed E-state index contributed by atoms with van der Waals surface area (Å²) in [6, 6.07) is 15.5. The fourth-order valence-corrected chi connectivity index (χ4v) is 2.98. The first kappa shape index (κ1) is 13.6. The number of halogens is 1. The van der Waals surface area contributed by atoms with Gasteiger partial charge in [-0.05, 0) is 42.0 Å². The van der Waals surface area contributed by atoms with Gasteiger partial charge in [-0.15, -0.1) is 11.3 Å². The molecular weight excluding hydrogens is 302 g/mol. The van der Waals surface area contributed by atoms with Crippen LogP contribution in [0.1, 0.15) is 10.4 Å². The fraction of sp³-hybridized carbons (Fsp3) is 0. The van der Waals surface area contributed by atoms with Crippen molar-refractivity contribution in [2.45, 2.75) is 0 Å². The van der Waals surface area contributed by atoms with Crippen molar-refractivity contribution in [3.05, 3.63) is 64.1 Å².